The molecule has 7 heteroatoms. The molecule has 37 heavy (non-hydrogen) atoms. The summed E-state index contributed by atoms with van der Waals surface area (Å²) in [4.78, 5) is 24.3. The molecule has 1 aromatic rings. The fourth-order valence-corrected chi connectivity index (χ4v) is 4.89. The number of hydrogen-bond acceptors (Lipinski definition) is 7. The van der Waals surface area contributed by atoms with Crippen LogP contribution in [0.25, 0.3) is 0 Å². The zero-order valence-electron chi connectivity index (χ0n) is 22.2. The van der Waals surface area contributed by atoms with Crippen molar-refractivity contribution >= 4 is 11.9 Å². The Morgan fingerprint density at radius 1 is 1.08 bits per heavy atom. The molecule has 5 atom stereocenters. The molecule has 1 aliphatic heterocycles. The number of esters is 2. The molecule has 0 bridgehead atoms. The number of carbonyl (C=O) groups excluding carboxylic acids is 2. The summed E-state index contributed by atoms with van der Waals surface area (Å²) in [6.07, 6.45) is 10.4. The van der Waals surface area contributed by atoms with Crippen molar-refractivity contribution in [2.45, 2.75) is 76.7 Å². The van der Waals surface area contributed by atoms with Crippen molar-refractivity contribution in [2.75, 3.05) is 33.0 Å². The molecule has 206 valence electrons. The second-order valence-electron chi connectivity index (χ2n) is 10.6. The summed E-state index contributed by atoms with van der Waals surface area (Å²) in [5, 5.41) is 18.3. The van der Waals surface area contributed by atoms with Crippen LogP contribution in [0.15, 0.2) is 36.4 Å². The molecule has 1 aromatic carbocycles. The van der Waals surface area contributed by atoms with Gasteiger partial charge in [-0.3, -0.25) is 4.79 Å². The van der Waals surface area contributed by atoms with Gasteiger partial charge in [0.15, 0.2) is 0 Å². The van der Waals surface area contributed by atoms with Gasteiger partial charge < -0.3 is 24.4 Å². The fraction of sp³-hybridized carbons (Fsp3) is 0.667. The maximum Gasteiger partial charge on any atom is 0.335 e. The van der Waals surface area contributed by atoms with Gasteiger partial charge >= 0.3 is 11.9 Å². The van der Waals surface area contributed by atoms with Crippen LogP contribution < -0.4 is 0 Å². The Hall–Kier alpha value is -2.22. The molecule has 1 heterocycles. The summed E-state index contributed by atoms with van der Waals surface area (Å²) in [7, 11) is 0. The Morgan fingerprint density at radius 2 is 1.84 bits per heavy atom. The summed E-state index contributed by atoms with van der Waals surface area (Å²) in [6, 6.07) is 8.11. The molecule has 2 N–H and O–H groups in total. The normalized spacial score (nSPS) is 23.8. The van der Waals surface area contributed by atoms with E-state index >= 15 is 0 Å². The summed E-state index contributed by atoms with van der Waals surface area (Å²) in [6.45, 7) is 6.21. The number of unbranched alkanes of at least 4 members (excludes halogenated alkanes) is 2. The third-order valence-corrected chi connectivity index (χ3v) is 7.67. The SMILES string of the molecule is C=C(CO)C(=O)OCC(COC(=O)C1CC1CO)c1ccc(CCC2CCC(CCCCC)CO2)cc1. The number of benzene rings is 1. The molecule has 0 amide bonds. The predicted octanol–water partition coefficient (Wildman–Crippen LogP) is 4.34. The number of aliphatic hydroxyl groups is 2. The number of hydrogen-bond donors (Lipinski definition) is 2. The van der Waals surface area contributed by atoms with Crippen molar-refractivity contribution in [1.82, 2.24) is 0 Å². The molecule has 3 rings (SSSR count). The van der Waals surface area contributed by atoms with E-state index in [9.17, 15) is 14.7 Å². The largest absolute Gasteiger partial charge is 0.465 e. The van der Waals surface area contributed by atoms with Gasteiger partial charge in [-0.15, -0.1) is 0 Å². The highest BCUT2D eigenvalue weighted by atomic mass is 16.5. The van der Waals surface area contributed by atoms with Gasteiger partial charge in [0.1, 0.15) is 13.2 Å². The molecular formula is C30H44O7. The highest BCUT2D eigenvalue weighted by molar-refractivity contribution is 5.87. The van der Waals surface area contributed by atoms with E-state index in [1.54, 1.807) is 0 Å². The van der Waals surface area contributed by atoms with Crippen molar-refractivity contribution in [3.05, 3.63) is 47.5 Å². The maximum absolute atomic E-state index is 12.3. The van der Waals surface area contributed by atoms with E-state index in [1.807, 2.05) is 12.1 Å². The molecule has 1 aliphatic carbocycles. The molecule has 0 spiro atoms. The van der Waals surface area contributed by atoms with E-state index in [1.165, 1.54) is 37.7 Å². The average molecular weight is 517 g/mol. The van der Waals surface area contributed by atoms with E-state index in [2.05, 4.69) is 25.6 Å². The Morgan fingerprint density at radius 3 is 2.46 bits per heavy atom. The molecular weight excluding hydrogens is 472 g/mol. The zero-order valence-corrected chi connectivity index (χ0v) is 22.2. The maximum atomic E-state index is 12.3. The Labute approximate surface area is 221 Å². The summed E-state index contributed by atoms with van der Waals surface area (Å²) >= 11 is 0. The van der Waals surface area contributed by atoms with Gasteiger partial charge in [0, 0.05) is 13.2 Å². The van der Waals surface area contributed by atoms with Crippen LogP contribution >= 0.6 is 0 Å². The first-order valence-corrected chi connectivity index (χ1v) is 13.9. The van der Waals surface area contributed by atoms with E-state index in [0.717, 1.165) is 31.4 Å². The minimum atomic E-state index is -0.668. The average Bonchev–Trinajstić information content (AvgIpc) is 3.73. The first-order chi connectivity index (χ1) is 17.9. The van der Waals surface area contributed by atoms with Crippen molar-refractivity contribution in [1.29, 1.82) is 0 Å². The molecule has 1 saturated carbocycles. The lowest BCUT2D eigenvalue weighted by atomic mass is 9.91. The van der Waals surface area contributed by atoms with Crippen LogP contribution in [0.2, 0.25) is 0 Å². The quantitative estimate of drug-likeness (QED) is 0.191. The molecule has 1 saturated heterocycles. The predicted molar refractivity (Wildman–Crippen MR) is 141 cm³/mol. The van der Waals surface area contributed by atoms with Gasteiger partial charge in [-0.05, 0) is 61.5 Å². The van der Waals surface area contributed by atoms with Crippen LogP contribution in [0.4, 0.5) is 0 Å². The van der Waals surface area contributed by atoms with Crippen LogP contribution in [0.1, 0.15) is 75.3 Å². The summed E-state index contributed by atoms with van der Waals surface area (Å²) < 4.78 is 17.0. The van der Waals surface area contributed by atoms with Gasteiger partial charge in [0.05, 0.1) is 30.1 Å². The molecule has 0 radical (unpaired) electrons. The van der Waals surface area contributed by atoms with E-state index < -0.39 is 12.6 Å². The van der Waals surface area contributed by atoms with Crippen molar-refractivity contribution in [2.24, 2.45) is 17.8 Å². The lowest BCUT2D eigenvalue weighted by Crippen LogP contribution is -2.26. The first kappa shape index (κ1) is 29.3. The summed E-state index contributed by atoms with van der Waals surface area (Å²) in [5.74, 6) is -0.892. The van der Waals surface area contributed by atoms with E-state index in [4.69, 9.17) is 19.3 Å². The molecule has 5 unspecified atom stereocenters. The fourth-order valence-electron chi connectivity index (χ4n) is 4.89. The van der Waals surface area contributed by atoms with Crippen LogP contribution in [0.5, 0.6) is 0 Å². The van der Waals surface area contributed by atoms with E-state index in [-0.39, 0.29) is 49.1 Å². The second kappa shape index (κ2) is 15.3. The lowest BCUT2D eigenvalue weighted by Gasteiger charge is -2.29. The standard InChI is InChI=1S/C30H44O7/c1-3-4-5-6-23-10-14-27(35-18-23)13-9-22-7-11-24(12-8-22)26(19-36-29(33)21(2)16-31)20-37-30(34)28-15-25(28)17-32/h7-8,11-12,23,25-28,31-32H,2-6,9-10,13-20H2,1H3. The van der Waals surface area contributed by atoms with Gasteiger partial charge in [-0.2, -0.15) is 0 Å². The summed E-state index contributed by atoms with van der Waals surface area (Å²) in [5.41, 5.74) is 2.09. The van der Waals surface area contributed by atoms with Gasteiger partial charge in [0.25, 0.3) is 0 Å². The van der Waals surface area contributed by atoms with Crippen molar-refractivity contribution in [3.63, 3.8) is 0 Å². The number of aliphatic hydroxyl groups excluding tert-OH is 2. The molecule has 2 aliphatic rings. The number of aryl methyl sites for hydroxylation is 1. The van der Waals surface area contributed by atoms with Crippen LogP contribution in [-0.2, 0) is 30.2 Å². The molecule has 7 nitrogen and oxygen atoms in total. The van der Waals surface area contributed by atoms with Gasteiger partial charge in [0.2, 0.25) is 0 Å². The topological polar surface area (TPSA) is 102 Å². The third-order valence-electron chi connectivity index (χ3n) is 7.67. The van der Waals surface area contributed by atoms with Crippen LogP contribution in [0, 0.1) is 17.8 Å². The minimum absolute atomic E-state index is 0.00785. The van der Waals surface area contributed by atoms with Gasteiger partial charge in [-0.1, -0.05) is 57.0 Å². The third kappa shape index (κ3) is 9.55. The second-order valence-corrected chi connectivity index (χ2v) is 10.6. The smallest absolute Gasteiger partial charge is 0.335 e. The lowest BCUT2D eigenvalue weighted by molar-refractivity contribution is -0.147. The molecule has 2 fully saturated rings. The number of rotatable bonds is 16. The monoisotopic (exact) mass is 516 g/mol. The highest BCUT2D eigenvalue weighted by Gasteiger charge is 2.43. The Bertz CT molecular complexity index is 857. The minimum Gasteiger partial charge on any atom is -0.465 e. The van der Waals surface area contributed by atoms with Crippen molar-refractivity contribution < 1.29 is 34.0 Å². The van der Waals surface area contributed by atoms with Gasteiger partial charge in [-0.25, -0.2) is 4.79 Å². The van der Waals surface area contributed by atoms with Crippen molar-refractivity contribution in [3.8, 4) is 0 Å². The molecule has 0 aromatic heterocycles. The highest BCUT2D eigenvalue weighted by Crippen LogP contribution is 2.39. The van der Waals surface area contributed by atoms with Crippen LogP contribution in [-0.4, -0.2) is 61.3 Å². The van der Waals surface area contributed by atoms with E-state index in [0.29, 0.717) is 18.4 Å². The first-order valence-electron chi connectivity index (χ1n) is 13.9. The number of ether oxygens (including phenoxy) is 3. The number of carbonyl (C=O) groups is 2. The Kier molecular flexibility index (Phi) is 12.1. The van der Waals surface area contributed by atoms with Crippen LogP contribution in [0.3, 0.4) is 0 Å². The Balaban J connectivity index is 1.49. The zero-order chi connectivity index (χ0) is 26.6.